The topological polar surface area (TPSA) is 43.3 Å². The highest BCUT2D eigenvalue weighted by Gasteiger charge is 2.19. The van der Waals surface area contributed by atoms with Crippen molar-refractivity contribution in [2.24, 2.45) is 0 Å². The highest BCUT2D eigenvalue weighted by Crippen LogP contribution is 2.33. The zero-order valence-electron chi connectivity index (χ0n) is 8.62. The van der Waals surface area contributed by atoms with Gasteiger partial charge in [0.25, 0.3) is 0 Å². The Morgan fingerprint density at radius 2 is 2.07 bits per heavy atom. The molecule has 2 aromatic rings. The highest BCUT2D eigenvalue weighted by molar-refractivity contribution is 7.18. The molecule has 2 aromatic heterocycles. The van der Waals surface area contributed by atoms with Crippen LogP contribution in [0.3, 0.4) is 0 Å². The largest absolute Gasteiger partial charge is 0.395 e. The van der Waals surface area contributed by atoms with Crippen molar-refractivity contribution in [3.63, 3.8) is 0 Å². The molecule has 15 heavy (non-hydrogen) atoms. The van der Waals surface area contributed by atoms with Gasteiger partial charge in [-0.05, 0) is 32.6 Å². The summed E-state index contributed by atoms with van der Waals surface area (Å²) in [4.78, 5) is 2.64. The summed E-state index contributed by atoms with van der Waals surface area (Å²) in [5.41, 5.74) is 9.20. The molecule has 5 heteroatoms. The molecule has 82 valence electrons. The Hall–Kier alpha value is -0.740. The number of aryl methyl sites for hydroxylation is 3. The third-order valence-electron chi connectivity index (χ3n) is 2.93. The number of halogens is 1. The molecule has 0 fully saturated rings. The lowest BCUT2D eigenvalue weighted by Crippen LogP contribution is -2.03. The fourth-order valence-corrected chi connectivity index (χ4v) is 3.39. The van der Waals surface area contributed by atoms with Crippen LogP contribution < -0.4 is 5.73 Å². The first-order valence-electron chi connectivity index (χ1n) is 5.02. The number of nitrogen functional groups attached to an aromatic ring is 1. The van der Waals surface area contributed by atoms with Crippen LogP contribution in [0.2, 0.25) is 0 Å². The van der Waals surface area contributed by atoms with Gasteiger partial charge in [-0.2, -0.15) is 5.10 Å². The molecule has 3 rings (SSSR count). The summed E-state index contributed by atoms with van der Waals surface area (Å²) >= 11 is 1.82. The molecule has 0 aliphatic heterocycles. The zero-order chi connectivity index (χ0) is 9.71. The van der Waals surface area contributed by atoms with Gasteiger partial charge in [-0.3, -0.25) is 0 Å². The second-order valence-corrected chi connectivity index (χ2v) is 4.98. The van der Waals surface area contributed by atoms with Crippen LogP contribution in [-0.2, 0) is 12.8 Å². The number of anilines is 1. The fraction of sp³-hybridized carbons (Fsp3) is 0.500. The molecule has 0 spiro atoms. The molecule has 3 nitrogen and oxygen atoms in total. The molecule has 0 radical (unpaired) electrons. The Morgan fingerprint density at radius 3 is 2.87 bits per heavy atom. The molecule has 2 heterocycles. The van der Waals surface area contributed by atoms with Gasteiger partial charge in [-0.25, -0.2) is 4.52 Å². The van der Waals surface area contributed by atoms with E-state index in [1.54, 1.807) is 0 Å². The standard InChI is InChI=1S/C10H13N3S.ClH/c1-6-9(11)10-13(12-6)7-4-2-3-5-8(7)14-10;/h2-5,11H2,1H3;1H. The highest BCUT2D eigenvalue weighted by atomic mass is 35.5. The first-order chi connectivity index (χ1) is 6.77. The summed E-state index contributed by atoms with van der Waals surface area (Å²) in [5.74, 6) is 0. The lowest BCUT2D eigenvalue weighted by molar-refractivity contribution is 0.660. The van der Waals surface area contributed by atoms with E-state index < -0.39 is 0 Å². The summed E-state index contributed by atoms with van der Waals surface area (Å²) in [5, 5.41) is 4.49. The van der Waals surface area contributed by atoms with Gasteiger partial charge in [-0.15, -0.1) is 23.7 Å². The minimum atomic E-state index is 0. The van der Waals surface area contributed by atoms with Gasteiger partial charge in [-0.1, -0.05) is 0 Å². The number of hydrogen-bond acceptors (Lipinski definition) is 3. The minimum Gasteiger partial charge on any atom is -0.395 e. The Kier molecular flexibility index (Phi) is 2.64. The van der Waals surface area contributed by atoms with Crippen LogP contribution in [0.4, 0.5) is 5.69 Å². The quantitative estimate of drug-likeness (QED) is 0.773. The first-order valence-corrected chi connectivity index (χ1v) is 5.84. The maximum atomic E-state index is 5.98. The Bertz CT molecular complexity index is 500. The molecule has 0 saturated heterocycles. The third kappa shape index (κ3) is 1.43. The van der Waals surface area contributed by atoms with E-state index in [2.05, 4.69) is 9.61 Å². The Morgan fingerprint density at radius 1 is 1.33 bits per heavy atom. The van der Waals surface area contributed by atoms with Gasteiger partial charge in [0.05, 0.1) is 17.1 Å². The van der Waals surface area contributed by atoms with Crippen molar-refractivity contribution in [1.82, 2.24) is 9.61 Å². The average molecular weight is 244 g/mol. The molecule has 0 unspecified atom stereocenters. The molecule has 1 aliphatic rings. The van der Waals surface area contributed by atoms with Crippen LogP contribution >= 0.6 is 23.7 Å². The third-order valence-corrected chi connectivity index (χ3v) is 4.20. The van der Waals surface area contributed by atoms with Crippen LogP contribution in [0.1, 0.15) is 29.1 Å². The number of rotatable bonds is 0. The van der Waals surface area contributed by atoms with Crippen LogP contribution in [0.5, 0.6) is 0 Å². The molecule has 2 N–H and O–H groups in total. The smallest absolute Gasteiger partial charge is 0.143 e. The summed E-state index contributed by atoms with van der Waals surface area (Å²) in [6.45, 7) is 1.98. The van der Waals surface area contributed by atoms with E-state index in [4.69, 9.17) is 5.73 Å². The summed E-state index contributed by atoms with van der Waals surface area (Å²) in [7, 11) is 0. The number of hydrogen-bond donors (Lipinski definition) is 1. The van der Waals surface area contributed by atoms with Crippen molar-refractivity contribution in [2.45, 2.75) is 32.6 Å². The van der Waals surface area contributed by atoms with E-state index in [1.807, 2.05) is 18.3 Å². The van der Waals surface area contributed by atoms with Crippen LogP contribution in [-0.4, -0.2) is 9.61 Å². The van der Waals surface area contributed by atoms with E-state index in [1.165, 1.54) is 29.8 Å². The van der Waals surface area contributed by atoms with E-state index in [9.17, 15) is 0 Å². The van der Waals surface area contributed by atoms with Crippen molar-refractivity contribution in [1.29, 1.82) is 0 Å². The SMILES string of the molecule is Cc1nn2c3c(sc2c1N)CCCC3.Cl. The van der Waals surface area contributed by atoms with Crippen molar-refractivity contribution in [3.05, 3.63) is 16.3 Å². The van der Waals surface area contributed by atoms with Gasteiger partial charge in [0.15, 0.2) is 0 Å². The van der Waals surface area contributed by atoms with Gasteiger partial charge in [0.1, 0.15) is 4.83 Å². The second-order valence-electron chi connectivity index (χ2n) is 3.90. The van der Waals surface area contributed by atoms with Crippen molar-refractivity contribution in [3.8, 4) is 0 Å². The molecular weight excluding hydrogens is 230 g/mol. The van der Waals surface area contributed by atoms with Gasteiger partial charge >= 0.3 is 0 Å². The molecule has 0 atom stereocenters. The molecule has 0 amide bonds. The monoisotopic (exact) mass is 243 g/mol. The molecule has 0 bridgehead atoms. The Balaban J connectivity index is 0.000000853. The first kappa shape index (κ1) is 10.8. The predicted octanol–water partition coefficient (Wildman–Crippen LogP) is 2.59. The summed E-state index contributed by atoms with van der Waals surface area (Å²) in [6, 6.07) is 0. The molecule has 0 saturated carbocycles. The van der Waals surface area contributed by atoms with Crippen LogP contribution in [0.15, 0.2) is 0 Å². The maximum absolute atomic E-state index is 5.98. The van der Waals surface area contributed by atoms with Gasteiger partial charge < -0.3 is 5.73 Å². The number of aromatic nitrogens is 2. The summed E-state index contributed by atoms with van der Waals surface area (Å²) in [6.07, 6.45) is 4.98. The number of thiazole rings is 1. The maximum Gasteiger partial charge on any atom is 0.143 e. The molecular formula is C10H14ClN3S. The number of nitrogens with two attached hydrogens (primary N) is 1. The normalized spacial score (nSPS) is 15.0. The van der Waals surface area contributed by atoms with E-state index in [-0.39, 0.29) is 12.4 Å². The summed E-state index contributed by atoms with van der Waals surface area (Å²) < 4.78 is 2.06. The predicted molar refractivity (Wildman–Crippen MR) is 66.1 cm³/mol. The van der Waals surface area contributed by atoms with Crippen molar-refractivity contribution >= 4 is 34.3 Å². The van der Waals surface area contributed by atoms with Gasteiger partial charge in [0.2, 0.25) is 0 Å². The molecule has 0 aromatic carbocycles. The fourth-order valence-electron chi connectivity index (χ4n) is 2.11. The minimum absolute atomic E-state index is 0. The van der Waals surface area contributed by atoms with Crippen LogP contribution in [0, 0.1) is 6.92 Å². The van der Waals surface area contributed by atoms with Crippen LogP contribution in [0.25, 0.3) is 4.83 Å². The second kappa shape index (κ2) is 3.68. The van der Waals surface area contributed by atoms with Gasteiger partial charge in [0, 0.05) is 4.88 Å². The lowest BCUT2D eigenvalue weighted by Gasteiger charge is -2.09. The molecule has 1 aliphatic carbocycles. The lowest BCUT2D eigenvalue weighted by atomic mass is 10.0. The average Bonchev–Trinajstić information content (AvgIpc) is 2.67. The van der Waals surface area contributed by atoms with E-state index >= 15 is 0 Å². The van der Waals surface area contributed by atoms with E-state index in [0.29, 0.717) is 0 Å². The number of nitrogens with zero attached hydrogens (tertiary/aromatic N) is 2. The van der Waals surface area contributed by atoms with Crippen molar-refractivity contribution < 1.29 is 0 Å². The van der Waals surface area contributed by atoms with Crippen molar-refractivity contribution in [2.75, 3.05) is 5.73 Å². The van der Waals surface area contributed by atoms with E-state index in [0.717, 1.165) is 22.6 Å². The zero-order valence-corrected chi connectivity index (χ0v) is 10.2. The number of fused-ring (bicyclic) bond motifs is 3. The Labute approximate surface area is 98.7 Å².